The second-order valence-corrected chi connectivity index (χ2v) is 4.16. The predicted molar refractivity (Wildman–Crippen MR) is 49.3 cm³/mol. The van der Waals surface area contributed by atoms with Gasteiger partial charge in [0, 0.05) is 6.04 Å². The maximum atomic E-state index is 12.4. The molecular formula is C9H15F3N2O. The van der Waals surface area contributed by atoms with Crippen molar-refractivity contribution in [2.75, 3.05) is 6.54 Å². The van der Waals surface area contributed by atoms with Crippen LogP contribution in [0.1, 0.15) is 26.7 Å². The summed E-state index contributed by atoms with van der Waals surface area (Å²) in [6.07, 6.45) is -4.14. The lowest BCUT2D eigenvalue weighted by molar-refractivity contribution is -0.166. The Morgan fingerprint density at radius 3 is 2.27 bits per heavy atom. The molecule has 0 aromatic rings. The fourth-order valence-corrected chi connectivity index (χ4v) is 1.31. The number of alkyl halides is 3. The van der Waals surface area contributed by atoms with Gasteiger partial charge in [-0.1, -0.05) is 0 Å². The van der Waals surface area contributed by atoms with Gasteiger partial charge in [-0.25, -0.2) is 0 Å². The van der Waals surface area contributed by atoms with Crippen LogP contribution in [0.5, 0.6) is 0 Å². The number of halogens is 3. The number of rotatable bonds is 4. The van der Waals surface area contributed by atoms with E-state index in [-0.39, 0.29) is 25.4 Å². The van der Waals surface area contributed by atoms with Gasteiger partial charge in [0.2, 0.25) is 5.91 Å². The first kappa shape index (κ1) is 12.3. The van der Waals surface area contributed by atoms with Crippen LogP contribution in [0.25, 0.3) is 0 Å². The molecule has 0 unspecified atom stereocenters. The van der Waals surface area contributed by atoms with E-state index >= 15 is 0 Å². The molecule has 0 atom stereocenters. The maximum absolute atomic E-state index is 12.4. The van der Waals surface area contributed by atoms with Crippen molar-refractivity contribution in [3.8, 4) is 0 Å². The average Bonchev–Trinajstić information content (AvgIpc) is 2.78. The summed E-state index contributed by atoms with van der Waals surface area (Å²) in [5, 5.41) is 4.80. The third-order valence-corrected chi connectivity index (χ3v) is 2.33. The SMILES string of the molecule is CC(C)NC(=O)CNC1(C(F)(F)F)CC1. The summed E-state index contributed by atoms with van der Waals surface area (Å²) in [4.78, 5) is 11.1. The number of nitrogens with one attached hydrogen (secondary N) is 2. The van der Waals surface area contributed by atoms with E-state index in [4.69, 9.17) is 0 Å². The zero-order valence-corrected chi connectivity index (χ0v) is 8.74. The monoisotopic (exact) mass is 224 g/mol. The minimum Gasteiger partial charge on any atom is -0.353 e. The molecule has 0 aromatic heterocycles. The summed E-state index contributed by atoms with van der Waals surface area (Å²) >= 11 is 0. The molecule has 0 heterocycles. The minimum absolute atomic E-state index is 0.0552. The van der Waals surface area contributed by atoms with Crippen molar-refractivity contribution in [1.29, 1.82) is 0 Å². The van der Waals surface area contributed by atoms with Gasteiger partial charge in [0.15, 0.2) is 0 Å². The average molecular weight is 224 g/mol. The number of carbonyl (C=O) groups excluding carboxylic acids is 1. The Labute approximate surface area is 86.4 Å². The van der Waals surface area contributed by atoms with Gasteiger partial charge in [-0.15, -0.1) is 0 Å². The number of amides is 1. The molecule has 88 valence electrons. The highest BCUT2D eigenvalue weighted by Gasteiger charge is 2.63. The van der Waals surface area contributed by atoms with Crippen LogP contribution in [0.3, 0.4) is 0 Å². The van der Waals surface area contributed by atoms with Crippen LogP contribution in [-0.2, 0) is 4.79 Å². The molecule has 0 spiro atoms. The number of hydrogen-bond acceptors (Lipinski definition) is 2. The summed E-state index contributed by atoms with van der Waals surface area (Å²) in [5.74, 6) is -0.402. The largest absolute Gasteiger partial charge is 0.406 e. The van der Waals surface area contributed by atoms with Gasteiger partial charge in [-0.3, -0.25) is 10.1 Å². The van der Waals surface area contributed by atoms with Crippen molar-refractivity contribution >= 4 is 5.91 Å². The lowest BCUT2D eigenvalue weighted by Gasteiger charge is -2.20. The molecule has 0 saturated heterocycles. The van der Waals surface area contributed by atoms with E-state index < -0.39 is 17.6 Å². The van der Waals surface area contributed by atoms with Crippen LogP contribution in [0, 0.1) is 0 Å². The van der Waals surface area contributed by atoms with Gasteiger partial charge in [-0.2, -0.15) is 13.2 Å². The van der Waals surface area contributed by atoms with E-state index in [1.807, 2.05) is 0 Å². The molecule has 1 fully saturated rings. The van der Waals surface area contributed by atoms with E-state index in [0.717, 1.165) is 0 Å². The highest BCUT2D eigenvalue weighted by atomic mass is 19.4. The van der Waals surface area contributed by atoms with Crippen LogP contribution in [-0.4, -0.2) is 30.2 Å². The molecule has 1 amide bonds. The lowest BCUT2D eigenvalue weighted by Crippen LogP contribution is -2.49. The second-order valence-electron chi connectivity index (χ2n) is 4.16. The first-order chi connectivity index (χ1) is 6.77. The molecule has 0 aliphatic heterocycles. The smallest absolute Gasteiger partial charge is 0.353 e. The molecular weight excluding hydrogens is 209 g/mol. The van der Waals surface area contributed by atoms with E-state index in [9.17, 15) is 18.0 Å². The Balaban J connectivity index is 2.35. The summed E-state index contributed by atoms with van der Waals surface area (Å²) in [5.41, 5.74) is -1.80. The zero-order valence-electron chi connectivity index (χ0n) is 8.74. The van der Waals surface area contributed by atoms with Gasteiger partial charge < -0.3 is 5.32 Å². The molecule has 1 saturated carbocycles. The number of hydrogen-bond donors (Lipinski definition) is 2. The van der Waals surface area contributed by atoms with Crippen LogP contribution < -0.4 is 10.6 Å². The molecule has 6 heteroatoms. The molecule has 0 aromatic carbocycles. The summed E-state index contributed by atoms with van der Waals surface area (Å²) in [6, 6.07) is -0.0552. The lowest BCUT2D eigenvalue weighted by atomic mass is 10.2. The summed E-state index contributed by atoms with van der Waals surface area (Å²) in [6.45, 7) is 3.24. The Bertz CT molecular complexity index is 246. The summed E-state index contributed by atoms with van der Waals surface area (Å²) < 4.78 is 37.2. The van der Waals surface area contributed by atoms with Crippen LogP contribution in [0.15, 0.2) is 0 Å². The Morgan fingerprint density at radius 1 is 1.40 bits per heavy atom. The predicted octanol–water partition coefficient (Wildman–Crippen LogP) is 1.20. The van der Waals surface area contributed by atoms with Crippen LogP contribution >= 0.6 is 0 Å². The second kappa shape index (κ2) is 4.00. The number of carbonyl (C=O) groups is 1. The molecule has 0 bridgehead atoms. The van der Waals surface area contributed by atoms with Gasteiger partial charge in [0.1, 0.15) is 5.54 Å². The normalized spacial score (nSPS) is 19.1. The molecule has 1 aliphatic carbocycles. The topological polar surface area (TPSA) is 41.1 Å². The first-order valence-corrected chi connectivity index (χ1v) is 4.88. The zero-order chi connectivity index (χ0) is 11.7. The maximum Gasteiger partial charge on any atom is 0.406 e. The van der Waals surface area contributed by atoms with Crippen LogP contribution in [0.2, 0.25) is 0 Å². The molecule has 1 rings (SSSR count). The third-order valence-electron chi connectivity index (χ3n) is 2.33. The fourth-order valence-electron chi connectivity index (χ4n) is 1.31. The Morgan fingerprint density at radius 2 is 1.93 bits per heavy atom. The van der Waals surface area contributed by atoms with Crippen molar-refractivity contribution in [1.82, 2.24) is 10.6 Å². The Hall–Kier alpha value is -0.780. The van der Waals surface area contributed by atoms with E-state index in [2.05, 4.69) is 10.6 Å². The molecule has 2 N–H and O–H groups in total. The highest BCUT2D eigenvalue weighted by Crippen LogP contribution is 2.48. The first-order valence-electron chi connectivity index (χ1n) is 4.88. The minimum atomic E-state index is -4.26. The van der Waals surface area contributed by atoms with Crippen molar-refractivity contribution in [3.63, 3.8) is 0 Å². The highest BCUT2D eigenvalue weighted by molar-refractivity contribution is 5.78. The summed E-state index contributed by atoms with van der Waals surface area (Å²) in [7, 11) is 0. The van der Waals surface area contributed by atoms with Crippen molar-refractivity contribution in [3.05, 3.63) is 0 Å². The Kier molecular flexibility index (Phi) is 3.28. The van der Waals surface area contributed by atoms with Crippen LogP contribution in [0.4, 0.5) is 13.2 Å². The molecule has 1 aliphatic rings. The van der Waals surface area contributed by atoms with Crippen molar-refractivity contribution in [2.45, 2.75) is 44.4 Å². The van der Waals surface area contributed by atoms with Crippen molar-refractivity contribution in [2.24, 2.45) is 0 Å². The van der Waals surface area contributed by atoms with E-state index in [1.54, 1.807) is 13.8 Å². The van der Waals surface area contributed by atoms with E-state index in [0.29, 0.717) is 0 Å². The van der Waals surface area contributed by atoms with E-state index in [1.165, 1.54) is 0 Å². The third kappa shape index (κ3) is 3.09. The molecule has 15 heavy (non-hydrogen) atoms. The van der Waals surface area contributed by atoms with Gasteiger partial charge >= 0.3 is 6.18 Å². The fraction of sp³-hybridized carbons (Fsp3) is 0.889. The van der Waals surface area contributed by atoms with Gasteiger partial charge in [-0.05, 0) is 26.7 Å². The van der Waals surface area contributed by atoms with Crippen molar-refractivity contribution < 1.29 is 18.0 Å². The molecule has 0 radical (unpaired) electrons. The van der Waals surface area contributed by atoms with Gasteiger partial charge in [0.05, 0.1) is 6.54 Å². The van der Waals surface area contributed by atoms with Gasteiger partial charge in [0.25, 0.3) is 0 Å². The quantitative estimate of drug-likeness (QED) is 0.753. The molecule has 3 nitrogen and oxygen atoms in total. The standard InChI is InChI=1S/C9H15F3N2O/c1-6(2)14-7(15)5-13-8(3-4-8)9(10,11)12/h6,13H,3-5H2,1-2H3,(H,14,15).